The normalized spacial score (nSPS) is 11.2. The molecular weight excluding hydrogens is 316 g/mol. The number of halogens is 2. The van der Waals surface area contributed by atoms with Gasteiger partial charge in [0.05, 0.1) is 11.3 Å². The van der Waals surface area contributed by atoms with Gasteiger partial charge in [0.2, 0.25) is 0 Å². The van der Waals surface area contributed by atoms with Crippen LogP contribution < -0.4 is 0 Å². The zero-order valence-electron chi connectivity index (χ0n) is 14.0. The molecule has 0 saturated heterocycles. The minimum absolute atomic E-state index is 0.0215. The van der Waals surface area contributed by atoms with Crippen molar-refractivity contribution in [3.05, 3.63) is 83.4 Å². The standard InChI is InChI=1S/C22H17F2N/c1-13-6-8-17(14(2)10-13)15-7-9-20-16(11-15)12-21(25-20)22-18(23)4-3-5-19(22)24/h3-12,25H,1-2H3. The van der Waals surface area contributed by atoms with Crippen molar-refractivity contribution in [2.75, 3.05) is 0 Å². The van der Waals surface area contributed by atoms with E-state index in [0.717, 1.165) is 22.0 Å². The van der Waals surface area contributed by atoms with Crippen LogP contribution in [0.15, 0.2) is 60.7 Å². The maximum Gasteiger partial charge on any atom is 0.135 e. The van der Waals surface area contributed by atoms with E-state index in [0.29, 0.717) is 5.69 Å². The Bertz CT molecular complexity index is 1070. The number of hydrogen-bond donors (Lipinski definition) is 1. The highest BCUT2D eigenvalue weighted by atomic mass is 19.1. The molecule has 0 radical (unpaired) electrons. The Morgan fingerprint density at radius 2 is 1.56 bits per heavy atom. The van der Waals surface area contributed by atoms with Crippen LogP contribution in [0.1, 0.15) is 11.1 Å². The zero-order valence-corrected chi connectivity index (χ0v) is 14.0. The lowest BCUT2D eigenvalue weighted by Gasteiger charge is -2.07. The molecule has 0 spiro atoms. The van der Waals surface area contributed by atoms with E-state index in [-0.39, 0.29) is 5.56 Å². The van der Waals surface area contributed by atoms with Crippen molar-refractivity contribution in [2.24, 2.45) is 0 Å². The first-order chi connectivity index (χ1) is 12.0. The Hall–Kier alpha value is -2.94. The summed E-state index contributed by atoms with van der Waals surface area (Å²) in [6.45, 7) is 4.16. The number of hydrogen-bond acceptors (Lipinski definition) is 0. The summed E-state index contributed by atoms with van der Waals surface area (Å²) in [7, 11) is 0. The maximum atomic E-state index is 14.0. The number of H-pyrrole nitrogens is 1. The molecule has 25 heavy (non-hydrogen) atoms. The minimum atomic E-state index is -0.568. The first kappa shape index (κ1) is 15.6. The van der Waals surface area contributed by atoms with Crippen LogP contribution in [0.5, 0.6) is 0 Å². The van der Waals surface area contributed by atoms with Crippen LogP contribution in [0.25, 0.3) is 33.3 Å². The molecule has 3 heteroatoms. The van der Waals surface area contributed by atoms with E-state index < -0.39 is 11.6 Å². The van der Waals surface area contributed by atoms with E-state index in [9.17, 15) is 8.78 Å². The average molecular weight is 333 g/mol. The summed E-state index contributed by atoms with van der Waals surface area (Å²) >= 11 is 0. The quantitative estimate of drug-likeness (QED) is 0.437. The molecule has 1 nitrogen and oxygen atoms in total. The molecular formula is C22H17F2N. The van der Waals surface area contributed by atoms with Crippen molar-refractivity contribution in [3.8, 4) is 22.4 Å². The molecule has 0 aliphatic rings. The average Bonchev–Trinajstić information content (AvgIpc) is 2.97. The molecule has 1 N–H and O–H groups in total. The fourth-order valence-corrected chi connectivity index (χ4v) is 3.33. The van der Waals surface area contributed by atoms with E-state index >= 15 is 0 Å². The fraction of sp³-hybridized carbons (Fsp3) is 0.0909. The van der Waals surface area contributed by atoms with Gasteiger partial charge in [-0.15, -0.1) is 0 Å². The van der Waals surface area contributed by atoms with Crippen molar-refractivity contribution in [1.29, 1.82) is 0 Å². The van der Waals surface area contributed by atoms with Crippen molar-refractivity contribution < 1.29 is 8.78 Å². The summed E-state index contributed by atoms with van der Waals surface area (Å²) in [5.74, 6) is -1.14. The zero-order chi connectivity index (χ0) is 17.6. The number of aromatic nitrogens is 1. The van der Waals surface area contributed by atoms with E-state index in [2.05, 4.69) is 37.0 Å². The molecule has 4 aromatic rings. The Labute approximate surface area is 144 Å². The number of aromatic amines is 1. The molecule has 0 fully saturated rings. The van der Waals surface area contributed by atoms with Crippen LogP contribution in [0, 0.1) is 25.5 Å². The van der Waals surface area contributed by atoms with Gasteiger partial charge < -0.3 is 4.98 Å². The predicted molar refractivity (Wildman–Crippen MR) is 98.6 cm³/mol. The molecule has 3 aromatic carbocycles. The second kappa shape index (κ2) is 5.85. The molecule has 1 aromatic heterocycles. The van der Waals surface area contributed by atoms with Gasteiger partial charge in [0.15, 0.2) is 0 Å². The lowest BCUT2D eigenvalue weighted by atomic mass is 9.98. The van der Waals surface area contributed by atoms with Crippen LogP contribution in [0.2, 0.25) is 0 Å². The molecule has 0 aliphatic carbocycles. The summed E-state index contributed by atoms with van der Waals surface area (Å²) < 4.78 is 28.1. The fourth-order valence-electron chi connectivity index (χ4n) is 3.33. The molecule has 1 heterocycles. The number of rotatable bonds is 2. The minimum Gasteiger partial charge on any atom is -0.354 e. The number of benzene rings is 3. The van der Waals surface area contributed by atoms with Gasteiger partial charge in [0.25, 0.3) is 0 Å². The monoisotopic (exact) mass is 333 g/mol. The molecule has 0 saturated carbocycles. The molecule has 124 valence electrons. The maximum absolute atomic E-state index is 14.0. The number of nitrogens with one attached hydrogen (secondary N) is 1. The van der Waals surface area contributed by atoms with Gasteiger partial charge in [-0.1, -0.05) is 35.9 Å². The van der Waals surface area contributed by atoms with Gasteiger partial charge in [-0.25, -0.2) is 8.78 Å². The van der Waals surface area contributed by atoms with Gasteiger partial charge in [-0.3, -0.25) is 0 Å². The van der Waals surface area contributed by atoms with Crippen LogP contribution in [0.4, 0.5) is 8.78 Å². The van der Waals surface area contributed by atoms with Gasteiger partial charge in [-0.2, -0.15) is 0 Å². The van der Waals surface area contributed by atoms with Crippen LogP contribution >= 0.6 is 0 Å². The Morgan fingerprint density at radius 1 is 0.800 bits per heavy atom. The molecule has 0 atom stereocenters. The molecule has 4 rings (SSSR count). The summed E-state index contributed by atoms with van der Waals surface area (Å²) in [4.78, 5) is 3.12. The number of fused-ring (bicyclic) bond motifs is 1. The van der Waals surface area contributed by atoms with Gasteiger partial charge in [0, 0.05) is 10.9 Å². The summed E-state index contributed by atoms with van der Waals surface area (Å²) in [6, 6.07) is 18.1. The number of aryl methyl sites for hydroxylation is 2. The molecule has 0 bridgehead atoms. The van der Waals surface area contributed by atoms with Gasteiger partial charge >= 0.3 is 0 Å². The Balaban J connectivity index is 1.85. The lowest BCUT2D eigenvalue weighted by Crippen LogP contribution is -1.89. The largest absolute Gasteiger partial charge is 0.354 e. The third kappa shape index (κ3) is 2.72. The molecule has 0 amide bonds. The smallest absolute Gasteiger partial charge is 0.135 e. The highest BCUT2D eigenvalue weighted by Gasteiger charge is 2.14. The van der Waals surface area contributed by atoms with E-state index in [1.54, 1.807) is 6.07 Å². The van der Waals surface area contributed by atoms with E-state index in [4.69, 9.17) is 0 Å². The topological polar surface area (TPSA) is 15.8 Å². The summed E-state index contributed by atoms with van der Waals surface area (Å²) in [5, 5.41) is 0.926. The summed E-state index contributed by atoms with van der Waals surface area (Å²) in [5.41, 5.74) is 5.95. The van der Waals surface area contributed by atoms with Crippen molar-refractivity contribution in [2.45, 2.75) is 13.8 Å². The third-order valence-electron chi connectivity index (χ3n) is 4.55. The highest BCUT2D eigenvalue weighted by molar-refractivity contribution is 5.90. The Morgan fingerprint density at radius 3 is 2.28 bits per heavy atom. The third-order valence-corrected chi connectivity index (χ3v) is 4.55. The predicted octanol–water partition coefficient (Wildman–Crippen LogP) is 6.40. The first-order valence-electron chi connectivity index (χ1n) is 8.18. The second-order valence-electron chi connectivity index (χ2n) is 6.40. The summed E-state index contributed by atoms with van der Waals surface area (Å²) in [6.07, 6.45) is 0. The van der Waals surface area contributed by atoms with Crippen molar-refractivity contribution >= 4 is 10.9 Å². The van der Waals surface area contributed by atoms with Crippen LogP contribution in [-0.4, -0.2) is 4.98 Å². The first-order valence-corrected chi connectivity index (χ1v) is 8.18. The van der Waals surface area contributed by atoms with E-state index in [1.165, 1.54) is 29.3 Å². The SMILES string of the molecule is Cc1ccc(-c2ccc3[nH]c(-c4c(F)cccc4F)cc3c2)c(C)c1. The Kier molecular flexibility index (Phi) is 3.65. The van der Waals surface area contributed by atoms with Crippen molar-refractivity contribution in [1.82, 2.24) is 4.98 Å². The second-order valence-corrected chi connectivity index (χ2v) is 6.40. The van der Waals surface area contributed by atoms with Crippen molar-refractivity contribution in [3.63, 3.8) is 0 Å². The van der Waals surface area contributed by atoms with Gasteiger partial charge in [-0.05, 0) is 60.9 Å². The van der Waals surface area contributed by atoms with Crippen LogP contribution in [-0.2, 0) is 0 Å². The molecule has 0 aliphatic heterocycles. The lowest BCUT2D eigenvalue weighted by molar-refractivity contribution is 0.589. The van der Waals surface area contributed by atoms with Crippen LogP contribution in [0.3, 0.4) is 0 Å². The van der Waals surface area contributed by atoms with Gasteiger partial charge in [0.1, 0.15) is 11.6 Å². The molecule has 0 unspecified atom stereocenters. The highest BCUT2D eigenvalue weighted by Crippen LogP contribution is 2.32. The van der Waals surface area contributed by atoms with E-state index in [1.807, 2.05) is 18.2 Å².